The molecule has 3 rings (SSSR count). The lowest BCUT2D eigenvalue weighted by Crippen LogP contribution is -2.21. The highest BCUT2D eigenvalue weighted by Gasteiger charge is 2.13. The van der Waals surface area contributed by atoms with Crippen LogP contribution in [0.2, 0.25) is 0 Å². The molecule has 0 bridgehead atoms. The van der Waals surface area contributed by atoms with Crippen molar-refractivity contribution in [3.63, 3.8) is 0 Å². The van der Waals surface area contributed by atoms with E-state index in [1.165, 1.54) is 12.6 Å². The largest absolute Gasteiger partial charge is 0.382 e. The van der Waals surface area contributed by atoms with E-state index < -0.39 is 0 Å². The minimum atomic E-state index is -0.351. The summed E-state index contributed by atoms with van der Waals surface area (Å²) in [5, 5.41) is 6.05. The Bertz CT molecular complexity index is 927. The van der Waals surface area contributed by atoms with Crippen LogP contribution in [0.3, 0.4) is 0 Å². The van der Waals surface area contributed by atoms with Crippen LogP contribution in [-0.2, 0) is 6.54 Å². The molecular weight excluding hydrogens is 338 g/mol. The predicted molar refractivity (Wildman–Crippen MR) is 107 cm³/mol. The number of rotatable bonds is 6. The van der Waals surface area contributed by atoms with Gasteiger partial charge >= 0.3 is 0 Å². The molecular formula is C21H23N5O. The van der Waals surface area contributed by atoms with Crippen LogP contribution in [0.4, 0.5) is 5.82 Å². The van der Waals surface area contributed by atoms with E-state index >= 15 is 0 Å². The Hall–Kier alpha value is -3.25. The number of hydrogen-bond acceptors (Lipinski definition) is 5. The van der Waals surface area contributed by atoms with Crippen molar-refractivity contribution >= 4 is 11.7 Å². The van der Waals surface area contributed by atoms with Crippen molar-refractivity contribution in [3.05, 3.63) is 77.6 Å². The van der Waals surface area contributed by atoms with Gasteiger partial charge in [-0.15, -0.1) is 0 Å². The van der Waals surface area contributed by atoms with E-state index in [-0.39, 0.29) is 23.5 Å². The number of aromatic nitrogens is 2. The number of nitrogens with one attached hydrogen (secondary N) is 2. The van der Waals surface area contributed by atoms with Crippen molar-refractivity contribution in [3.8, 4) is 11.3 Å². The average Bonchev–Trinajstić information content (AvgIpc) is 2.72. The Kier molecular flexibility index (Phi) is 5.78. The first kappa shape index (κ1) is 18.5. The van der Waals surface area contributed by atoms with Crippen molar-refractivity contribution in [2.75, 3.05) is 12.8 Å². The first-order chi connectivity index (χ1) is 13.1. The van der Waals surface area contributed by atoms with Gasteiger partial charge in [0.25, 0.3) is 5.91 Å². The quantitative estimate of drug-likeness (QED) is 0.628. The Labute approximate surface area is 158 Å². The number of amides is 1. The summed E-state index contributed by atoms with van der Waals surface area (Å²) in [5.74, 6) is -0.232. The van der Waals surface area contributed by atoms with Crippen molar-refractivity contribution < 1.29 is 4.79 Å². The second-order valence-electron chi connectivity index (χ2n) is 6.28. The third kappa shape index (κ3) is 4.48. The highest BCUT2D eigenvalue weighted by atomic mass is 16.1. The highest BCUT2D eigenvalue weighted by molar-refractivity contribution is 5.96. The van der Waals surface area contributed by atoms with Crippen LogP contribution in [0.5, 0.6) is 0 Å². The molecule has 0 aliphatic carbocycles. The lowest BCUT2D eigenvalue weighted by Gasteiger charge is -2.14. The molecule has 27 heavy (non-hydrogen) atoms. The Morgan fingerprint density at radius 3 is 2.67 bits per heavy atom. The van der Waals surface area contributed by atoms with Gasteiger partial charge in [0.15, 0.2) is 11.5 Å². The molecule has 6 heteroatoms. The van der Waals surface area contributed by atoms with Gasteiger partial charge in [-0.1, -0.05) is 48.5 Å². The number of carbonyl (C=O) groups excluding carboxylic acids is 1. The summed E-state index contributed by atoms with van der Waals surface area (Å²) < 4.78 is 0. The van der Waals surface area contributed by atoms with Crippen molar-refractivity contribution in [2.45, 2.75) is 19.5 Å². The lowest BCUT2D eigenvalue weighted by atomic mass is 10.1. The third-order valence-corrected chi connectivity index (χ3v) is 4.38. The Morgan fingerprint density at radius 1 is 1.15 bits per heavy atom. The topological polar surface area (TPSA) is 92.9 Å². The minimum absolute atomic E-state index is 0.118. The van der Waals surface area contributed by atoms with E-state index in [1.54, 1.807) is 6.20 Å². The van der Waals surface area contributed by atoms with Gasteiger partial charge in [-0.2, -0.15) is 0 Å². The van der Waals surface area contributed by atoms with Crippen LogP contribution in [0.1, 0.15) is 34.6 Å². The van der Waals surface area contributed by atoms with Gasteiger partial charge in [0.2, 0.25) is 0 Å². The van der Waals surface area contributed by atoms with Crippen LogP contribution in [0.15, 0.2) is 60.8 Å². The lowest BCUT2D eigenvalue weighted by molar-refractivity contribution is 0.0959. The van der Waals surface area contributed by atoms with Gasteiger partial charge < -0.3 is 16.4 Å². The summed E-state index contributed by atoms with van der Waals surface area (Å²) in [6.07, 6.45) is 1.58. The van der Waals surface area contributed by atoms with E-state index in [9.17, 15) is 4.79 Å². The van der Waals surface area contributed by atoms with Crippen LogP contribution < -0.4 is 16.4 Å². The fourth-order valence-electron chi connectivity index (χ4n) is 2.79. The van der Waals surface area contributed by atoms with Gasteiger partial charge in [-0.25, -0.2) is 9.97 Å². The number of nitrogens with zero attached hydrogens (tertiary/aromatic N) is 2. The zero-order valence-electron chi connectivity index (χ0n) is 15.4. The first-order valence-corrected chi connectivity index (χ1v) is 8.80. The normalized spacial score (nSPS) is 11.8. The monoisotopic (exact) mass is 361 g/mol. The van der Waals surface area contributed by atoms with E-state index in [0.717, 1.165) is 11.1 Å². The maximum Gasteiger partial charge on any atom is 0.273 e. The molecule has 1 aromatic heterocycles. The molecule has 0 aliphatic rings. The second-order valence-corrected chi connectivity index (χ2v) is 6.28. The summed E-state index contributed by atoms with van der Waals surface area (Å²) in [7, 11) is 1.54. The van der Waals surface area contributed by atoms with Crippen molar-refractivity contribution in [1.82, 2.24) is 20.6 Å². The predicted octanol–water partition coefficient (Wildman–Crippen LogP) is 2.94. The number of nitrogen functional groups attached to an aromatic ring is 1. The average molecular weight is 361 g/mol. The molecule has 2 aromatic carbocycles. The minimum Gasteiger partial charge on any atom is -0.382 e. The number of hydrogen-bond donors (Lipinski definition) is 3. The molecule has 1 atom stereocenters. The molecule has 0 saturated heterocycles. The maximum absolute atomic E-state index is 11.9. The van der Waals surface area contributed by atoms with Crippen molar-refractivity contribution in [2.24, 2.45) is 0 Å². The molecule has 138 valence electrons. The second kappa shape index (κ2) is 8.42. The van der Waals surface area contributed by atoms with Gasteiger partial charge in [-0.3, -0.25) is 4.79 Å². The van der Waals surface area contributed by atoms with Crippen molar-refractivity contribution in [1.29, 1.82) is 0 Å². The summed E-state index contributed by atoms with van der Waals surface area (Å²) >= 11 is 0. The van der Waals surface area contributed by atoms with E-state index in [0.29, 0.717) is 12.2 Å². The molecule has 4 N–H and O–H groups in total. The molecule has 0 radical (unpaired) electrons. The fraction of sp³-hybridized carbons (Fsp3) is 0.190. The summed E-state index contributed by atoms with van der Waals surface area (Å²) in [6.45, 7) is 2.86. The van der Waals surface area contributed by atoms with E-state index in [1.807, 2.05) is 36.4 Å². The summed E-state index contributed by atoms with van der Waals surface area (Å²) in [5.41, 5.74) is 9.77. The summed E-state index contributed by atoms with van der Waals surface area (Å²) in [4.78, 5) is 20.4. The zero-order chi connectivity index (χ0) is 19.2. The first-order valence-electron chi connectivity index (χ1n) is 8.80. The standard InChI is InChI=1S/C21H23N5O/c1-14(16-8-4-3-5-9-16)24-12-15-7-6-10-17(11-15)18-13-25-20(22)19(26-18)21(27)23-2/h3-11,13-14,24H,12H2,1-2H3,(H2,22,25)(H,23,27)/t14-/m0/s1. The summed E-state index contributed by atoms with van der Waals surface area (Å²) in [6, 6.07) is 18.6. The molecule has 0 unspecified atom stereocenters. The van der Waals surface area contributed by atoms with Crippen LogP contribution in [0.25, 0.3) is 11.3 Å². The van der Waals surface area contributed by atoms with Gasteiger partial charge in [0.05, 0.1) is 11.9 Å². The molecule has 0 saturated carbocycles. The molecule has 1 heterocycles. The smallest absolute Gasteiger partial charge is 0.273 e. The molecule has 3 aromatic rings. The Balaban J connectivity index is 1.77. The van der Waals surface area contributed by atoms with Gasteiger partial charge in [0.1, 0.15) is 0 Å². The number of nitrogens with two attached hydrogens (primary N) is 1. The number of anilines is 1. The van der Waals surface area contributed by atoms with Crippen LogP contribution in [0, 0.1) is 0 Å². The SMILES string of the molecule is CNC(=O)c1nc(-c2cccc(CN[C@@H](C)c3ccccc3)c2)cnc1N. The maximum atomic E-state index is 11.9. The molecule has 0 aliphatic heterocycles. The Morgan fingerprint density at radius 2 is 1.93 bits per heavy atom. The molecule has 0 fully saturated rings. The van der Waals surface area contributed by atoms with Crippen LogP contribution in [-0.4, -0.2) is 22.9 Å². The third-order valence-electron chi connectivity index (χ3n) is 4.38. The highest BCUT2D eigenvalue weighted by Crippen LogP contribution is 2.20. The molecule has 1 amide bonds. The molecule has 0 spiro atoms. The molecule has 6 nitrogen and oxygen atoms in total. The van der Waals surface area contributed by atoms with Crippen LogP contribution >= 0.6 is 0 Å². The number of benzene rings is 2. The fourth-order valence-corrected chi connectivity index (χ4v) is 2.79. The van der Waals surface area contributed by atoms with Gasteiger partial charge in [-0.05, 0) is 24.1 Å². The van der Waals surface area contributed by atoms with E-state index in [4.69, 9.17) is 5.73 Å². The number of carbonyl (C=O) groups is 1. The van der Waals surface area contributed by atoms with E-state index in [2.05, 4.69) is 45.7 Å². The zero-order valence-corrected chi connectivity index (χ0v) is 15.4. The van der Waals surface area contributed by atoms with Gasteiger partial charge in [0, 0.05) is 25.2 Å².